The third-order valence-electron chi connectivity index (χ3n) is 4.95. The second kappa shape index (κ2) is 10.6. The van der Waals surface area contributed by atoms with Gasteiger partial charge in [-0.15, -0.1) is 0 Å². The zero-order valence-corrected chi connectivity index (χ0v) is 18.1. The molecule has 2 saturated heterocycles. The van der Waals surface area contributed by atoms with Gasteiger partial charge in [0, 0.05) is 51.8 Å². The molecule has 0 aromatic heterocycles. The molecule has 7 nitrogen and oxygen atoms in total. The van der Waals surface area contributed by atoms with Gasteiger partial charge in [-0.1, -0.05) is 23.7 Å². The maximum atomic E-state index is 11.7. The van der Waals surface area contributed by atoms with Crippen LogP contribution < -0.4 is 0 Å². The first kappa shape index (κ1) is 25.4. The van der Waals surface area contributed by atoms with Crippen LogP contribution in [-0.2, 0) is 25.6 Å². The monoisotopic (exact) mass is 466 g/mol. The fourth-order valence-electron chi connectivity index (χ4n) is 3.44. The summed E-state index contributed by atoms with van der Waals surface area (Å²) in [7, 11) is 3.49. The van der Waals surface area contributed by atoms with Crippen LogP contribution in [0.15, 0.2) is 24.3 Å². The number of likely N-dealkylation sites (tertiary alicyclic amines) is 1. The van der Waals surface area contributed by atoms with Crippen molar-refractivity contribution in [3.63, 3.8) is 0 Å². The molecule has 0 bridgehead atoms. The number of amides is 1. The molecule has 1 aromatic rings. The summed E-state index contributed by atoms with van der Waals surface area (Å²) in [6.45, 7) is 3.55. The molecular formula is C20H26ClF3N2O5. The van der Waals surface area contributed by atoms with Gasteiger partial charge in [0.1, 0.15) is 6.61 Å². The minimum atomic E-state index is -5.08. The van der Waals surface area contributed by atoms with Gasteiger partial charge < -0.3 is 19.5 Å². The molecule has 2 aliphatic rings. The van der Waals surface area contributed by atoms with Crippen molar-refractivity contribution in [3.8, 4) is 0 Å². The smallest absolute Gasteiger partial charge is 0.475 e. The van der Waals surface area contributed by atoms with Gasteiger partial charge in [0.25, 0.3) is 0 Å². The highest BCUT2D eigenvalue weighted by Gasteiger charge is 2.47. The third kappa shape index (κ3) is 7.95. The molecule has 1 aromatic carbocycles. The summed E-state index contributed by atoms with van der Waals surface area (Å²) in [5.74, 6) is -2.75. The molecule has 174 valence electrons. The Morgan fingerprint density at radius 2 is 2.00 bits per heavy atom. The fraction of sp³-hybridized carbons (Fsp3) is 0.600. The van der Waals surface area contributed by atoms with E-state index in [1.54, 1.807) is 19.0 Å². The molecule has 1 unspecified atom stereocenters. The van der Waals surface area contributed by atoms with E-state index in [4.69, 9.17) is 31.0 Å². The number of ether oxygens (including phenoxy) is 2. The van der Waals surface area contributed by atoms with Gasteiger partial charge in [0.05, 0.1) is 11.7 Å². The number of hydrogen-bond donors (Lipinski definition) is 1. The minimum Gasteiger partial charge on any atom is -0.475 e. The number of carbonyl (C=O) groups excluding carboxylic acids is 1. The summed E-state index contributed by atoms with van der Waals surface area (Å²) in [6, 6.07) is 7.98. The van der Waals surface area contributed by atoms with Crippen molar-refractivity contribution in [3.05, 3.63) is 34.9 Å². The summed E-state index contributed by atoms with van der Waals surface area (Å²) < 4.78 is 43.6. The van der Waals surface area contributed by atoms with Crippen molar-refractivity contribution in [1.82, 2.24) is 9.80 Å². The predicted molar refractivity (Wildman–Crippen MR) is 107 cm³/mol. The lowest BCUT2D eigenvalue weighted by atomic mass is 9.84. The van der Waals surface area contributed by atoms with Crippen LogP contribution in [0.5, 0.6) is 0 Å². The zero-order chi connectivity index (χ0) is 23.2. The Kier molecular flexibility index (Phi) is 8.70. The first-order valence-electron chi connectivity index (χ1n) is 9.63. The Morgan fingerprint density at radius 1 is 1.35 bits per heavy atom. The molecule has 2 heterocycles. The number of alkyl halides is 3. The first-order valence-corrected chi connectivity index (χ1v) is 10.0. The third-order valence-corrected chi connectivity index (χ3v) is 5.19. The van der Waals surface area contributed by atoms with Crippen LogP contribution >= 0.6 is 11.6 Å². The number of benzene rings is 1. The Balaban J connectivity index is 0.000000423. The van der Waals surface area contributed by atoms with Gasteiger partial charge in [-0.3, -0.25) is 9.69 Å². The lowest BCUT2D eigenvalue weighted by Crippen LogP contribution is -2.65. The lowest BCUT2D eigenvalue weighted by Gasteiger charge is -2.53. The summed E-state index contributed by atoms with van der Waals surface area (Å²) in [6.07, 6.45) is -3.26. The number of hydrogen-bond acceptors (Lipinski definition) is 5. The number of aliphatic carboxylic acids is 1. The van der Waals surface area contributed by atoms with E-state index >= 15 is 0 Å². The van der Waals surface area contributed by atoms with Crippen LogP contribution in [0.2, 0.25) is 5.02 Å². The SMILES string of the molecule is CN(C)C(=O)COC1CCOC2(C1)CN(Cc1cccc(Cl)c1)C2.O=C(O)C(F)(F)F. The predicted octanol–water partition coefficient (Wildman–Crippen LogP) is 2.81. The van der Waals surface area contributed by atoms with Crippen LogP contribution in [0.25, 0.3) is 0 Å². The lowest BCUT2D eigenvalue weighted by molar-refractivity contribution is -0.200. The zero-order valence-electron chi connectivity index (χ0n) is 17.3. The fourth-order valence-corrected chi connectivity index (χ4v) is 3.65. The van der Waals surface area contributed by atoms with Crippen LogP contribution in [0, 0.1) is 0 Å². The van der Waals surface area contributed by atoms with Gasteiger partial charge in [0.15, 0.2) is 0 Å². The van der Waals surface area contributed by atoms with E-state index in [0.29, 0.717) is 6.61 Å². The Hall–Kier alpha value is -1.88. The van der Waals surface area contributed by atoms with Crippen LogP contribution in [-0.4, -0.2) is 85.1 Å². The molecule has 0 aliphatic carbocycles. The Morgan fingerprint density at radius 3 is 2.55 bits per heavy atom. The minimum absolute atomic E-state index is 0.00624. The molecule has 0 saturated carbocycles. The summed E-state index contributed by atoms with van der Waals surface area (Å²) in [4.78, 5) is 24.5. The van der Waals surface area contributed by atoms with Crippen molar-refractivity contribution >= 4 is 23.5 Å². The van der Waals surface area contributed by atoms with E-state index < -0.39 is 12.1 Å². The van der Waals surface area contributed by atoms with Gasteiger partial charge in [-0.2, -0.15) is 13.2 Å². The number of nitrogens with zero attached hydrogens (tertiary/aromatic N) is 2. The number of likely N-dealkylation sites (N-methyl/N-ethyl adjacent to an activating group) is 1. The van der Waals surface area contributed by atoms with Crippen molar-refractivity contribution in [2.45, 2.75) is 37.3 Å². The Labute approximate surface area is 183 Å². The van der Waals surface area contributed by atoms with E-state index in [9.17, 15) is 18.0 Å². The topological polar surface area (TPSA) is 79.3 Å². The van der Waals surface area contributed by atoms with Crippen molar-refractivity contribution in [1.29, 1.82) is 0 Å². The van der Waals surface area contributed by atoms with Crippen molar-refractivity contribution < 1.29 is 37.3 Å². The van der Waals surface area contributed by atoms with E-state index in [1.165, 1.54) is 5.56 Å². The molecule has 1 amide bonds. The number of carboxylic acids is 1. The molecular weight excluding hydrogens is 441 g/mol. The maximum absolute atomic E-state index is 11.7. The highest BCUT2D eigenvalue weighted by molar-refractivity contribution is 6.30. The largest absolute Gasteiger partial charge is 0.490 e. The van der Waals surface area contributed by atoms with Crippen LogP contribution in [0.3, 0.4) is 0 Å². The molecule has 1 spiro atoms. The number of halogens is 4. The van der Waals surface area contributed by atoms with E-state index in [1.807, 2.05) is 18.2 Å². The second-order valence-corrected chi connectivity index (χ2v) is 8.26. The standard InChI is InChI=1S/C18H25ClN2O3.C2HF3O2/c1-20(2)17(22)11-23-16-6-7-24-18(9-16)12-21(13-18)10-14-4-3-5-15(19)8-14;3-2(4,5)1(6)7/h3-5,8,16H,6-7,9-13H2,1-2H3;(H,6,7). The van der Waals surface area contributed by atoms with Gasteiger partial charge in [-0.05, 0) is 24.1 Å². The highest BCUT2D eigenvalue weighted by atomic mass is 35.5. The van der Waals surface area contributed by atoms with E-state index in [0.717, 1.165) is 37.5 Å². The first-order chi connectivity index (χ1) is 14.4. The average Bonchev–Trinajstić information content (AvgIpc) is 2.65. The summed E-state index contributed by atoms with van der Waals surface area (Å²) in [5, 5.41) is 7.90. The highest BCUT2D eigenvalue weighted by Crippen LogP contribution is 2.36. The van der Waals surface area contributed by atoms with Crippen molar-refractivity contribution in [2.24, 2.45) is 0 Å². The molecule has 1 N–H and O–H groups in total. The summed E-state index contributed by atoms with van der Waals surface area (Å²) in [5.41, 5.74) is 1.11. The summed E-state index contributed by atoms with van der Waals surface area (Å²) >= 11 is 6.04. The quantitative estimate of drug-likeness (QED) is 0.719. The van der Waals surface area contributed by atoms with Gasteiger partial charge in [-0.25, -0.2) is 4.79 Å². The molecule has 2 aliphatic heterocycles. The van der Waals surface area contributed by atoms with E-state index in [-0.39, 0.29) is 24.2 Å². The molecule has 11 heteroatoms. The second-order valence-electron chi connectivity index (χ2n) is 7.82. The molecule has 31 heavy (non-hydrogen) atoms. The van der Waals surface area contributed by atoms with Crippen LogP contribution in [0.1, 0.15) is 18.4 Å². The van der Waals surface area contributed by atoms with Gasteiger partial charge >= 0.3 is 12.1 Å². The van der Waals surface area contributed by atoms with E-state index in [2.05, 4.69) is 11.0 Å². The molecule has 3 rings (SSSR count). The van der Waals surface area contributed by atoms with Crippen molar-refractivity contribution in [2.75, 3.05) is 40.4 Å². The average molecular weight is 467 g/mol. The normalized spacial score (nSPS) is 20.4. The maximum Gasteiger partial charge on any atom is 0.490 e. The van der Waals surface area contributed by atoms with Gasteiger partial charge in [0.2, 0.25) is 5.91 Å². The molecule has 0 radical (unpaired) electrons. The van der Waals surface area contributed by atoms with Crippen LogP contribution in [0.4, 0.5) is 13.2 Å². The number of carbonyl (C=O) groups is 2. The molecule has 2 fully saturated rings. The number of carboxylic acid groups (broad SMARTS) is 1. The Bertz CT molecular complexity index is 769. The number of rotatable bonds is 5. The molecule has 1 atom stereocenters.